The van der Waals surface area contributed by atoms with Crippen LogP contribution in [-0.2, 0) is 10.0 Å². The summed E-state index contributed by atoms with van der Waals surface area (Å²) in [7, 11) is -4.38. The van der Waals surface area contributed by atoms with E-state index >= 15 is 0 Å². The zero-order valence-corrected chi connectivity index (χ0v) is 11.9. The lowest BCUT2D eigenvalue weighted by Crippen LogP contribution is -2.35. The highest BCUT2D eigenvalue weighted by atomic mass is 32.2. The third-order valence-corrected chi connectivity index (χ3v) is 5.41. The first-order chi connectivity index (χ1) is 9.93. The lowest BCUT2D eigenvalue weighted by atomic mass is 10.1. The van der Waals surface area contributed by atoms with Gasteiger partial charge in [-0.2, -0.15) is 8.42 Å². The Balaban J connectivity index is 2.05. The number of nitro groups is 1. The minimum Gasteiger partial charge on any atom is -0.372 e. The minimum atomic E-state index is -4.38. The van der Waals surface area contributed by atoms with E-state index in [4.69, 9.17) is 0 Å². The molecule has 1 fully saturated rings. The molecule has 0 spiro atoms. The molecule has 0 aromatic heterocycles. The Labute approximate surface area is 121 Å². The van der Waals surface area contributed by atoms with Gasteiger partial charge in [0.2, 0.25) is 0 Å². The molecule has 1 aromatic carbocycles. The Morgan fingerprint density at radius 3 is 2.43 bits per heavy atom. The third-order valence-electron chi connectivity index (χ3n) is 3.74. The summed E-state index contributed by atoms with van der Waals surface area (Å²) in [6.45, 7) is 1.66. The summed E-state index contributed by atoms with van der Waals surface area (Å²) in [4.78, 5) is 24.5. The maximum atomic E-state index is 12.0. The molecule has 9 heteroatoms. The monoisotopic (exact) mass is 311 g/mol. The minimum absolute atomic E-state index is 0.130. The Morgan fingerprint density at radius 2 is 1.81 bits per heavy atom. The van der Waals surface area contributed by atoms with Crippen LogP contribution in [0.15, 0.2) is 23.1 Å². The number of sulfonamides is 1. The molecule has 2 aliphatic heterocycles. The number of amides is 1. The van der Waals surface area contributed by atoms with E-state index in [1.54, 1.807) is 6.07 Å². The normalized spacial score (nSPS) is 20.5. The van der Waals surface area contributed by atoms with Crippen molar-refractivity contribution in [2.24, 2.45) is 0 Å². The molecule has 1 amide bonds. The first kappa shape index (κ1) is 13.8. The van der Waals surface area contributed by atoms with Crippen LogP contribution in [0.25, 0.3) is 0 Å². The van der Waals surface area contributed by atoms with Gasteiger partial charge in [-0.3, -0.25) is 4.79 Å². The fourth-order valence-electron chi connectivity index (χ4n) is 2.73. The van der Waals surface area contributed by atoms with E-state index in [0.29, 0.717) is 0 Å². The second-order valence-electron chi connectivity index (χ2n) is 5.02. The van der Waals surface area contributed by atoms with Crippen molar-refractivity contribution in [3.8, 4) is 0 Å². The smallest absolute Gasteiger partial charge is 0.334 e. The average molecular weight is 311 g/mol. The number of fused-ring (bicyclic) bond motifs is 1. The van der Waals surface area contributed by atoms with Crippen molar-refractivity contribution in [3.05, 3.63) is 33.9 Å². The van der Waals surface area contributed by atoms with Crippen LogP contribution < -0.4 is 4.90 Å². The van der Waals surface area contributed by atoms with E-state index in [-0.39, 0.29) is 14.9 Å². The molecule has 2 aliphatic rings. The van der Waals surface area contributed by atoms with Gasteiger partial charge in [0.15, 0.2) is 5.03 Å². The van der Waals surface area contributed by atoms with Crippen molar-refractivity contribution in [2.75, 3.05) is 18.0 Å². The standard InChI is InChI=1S/C12H13N3O5S/c16-12-10-8-9(13-6-2-1-3-7-13)4-5-11(10)21(19,20)14(12)15(17)18/h4-5,8H,1-3,6-7H2. The lowest BCUT2D eigenvalue weighted by molar-refractivity contribution is -0.597. The number of rotatable bonds is 2. The fraction of sp³-hybridized carbons (Fsp3) is 0.417. The molecule has 21 heavy (non-hydrogen) atoms. The van der Waals surface area contributed by atoms with Crippen LogP contribution in [0.4, 0.5) is 5.69 Å². The molecule has 0 saturated carbocycles. The van der Waals surface area contributed by atoms with Crippen LogP contribution in [0.2, 0.25) is 0 Å². The zero-order valence-electron chi connectivity index (χ0n) is 11.1. The zero-order chi connectivity index (χ0) is 15.2. The van der Waals surface area contributed by atoms with Gasteiger partial charge in [0.1, 0.15) is 4.90 Å². The molecule has 112 valence electrons. The van der Waals surface area contributed by atoms with E-state index in [0.717, 1.165) is 38.0 Å². The number of carbonyl (C=O) groups is 1. The molecular weight excluding hydrogens is 298 g/mol. The Morgan fingerprint density at radius 1 is 1.14 bits per heavy atom. The lowest BCUT2D eigenvalue weighted by Gasteiger charge is -2.28. The first-order valence-corrected chi connectivity index (χ1v) is 8.00. The highest BCUT2D eigenvalue weighted by molar-refractivity contribution is 7.90. The predicted molar refractivity (Wildman–Crippen MR) is 72.9 cm³/mol. The largest absolute Gasteiger partial charge is 0.372 e. The van der Waals surface area contributed by atoms with Gasteiger partial charge in [0, 0.05) is 18.8 Å². The second kappa shape index (κ2) is 4.69. The average Bonchev–Trinajstić information content (AvgIpc) is 2.66. The molecule has 3 rings (SSSR count). The van der Waals surface area contributed by atoms with Crippen molar-refractivity contribution in [1.29, 1.82) is 0 Å². The summed E-state index contributed by atoms with van der Waals surface area (Å²) in [6, 6.07) is 4.30. The third kappa shape index (κ3) is 2.04. The fourth-order valence-corrected chi connectivity index (χ4v) is 4.07. The van der Waals surface area contributed by atoms with Crippen LogP contribution in [0.5, 0.6) is 0 Å². The quantitative estimate of drug-likeness (QED) is 0.597. The van der Waals surface area contributed by atoms with E-state index < -0.39 is 21.0 Å². The molecule has 1 aromatic rings. The molecular formula is C12H13N3O5S. The molecule has 0 N–H and O–H groups in total. The SMILES string of the molecule is O=C1c2cc(N3CCCCC3)ccc2S(=O)(=O)N1[N+](=O)[O-]. The van der Waals surface area contributed by atoms with Gasteiger partial charge in [-0.05, 0) is 37.5 Å². The molecule has 0 unspecified atom stereocenters. The Hall–Kier alpha value is -2.16. The van der Waals surface area contributed by atoms with E-state index in [9.17, 15) is 23.3 Å². The highest BCUT2D eigenvalue weighted by Crippen LogP contribution is 2.33. The van der Waals surface area contributed by atoms with Crippen LogP contribution in [-0.4, -0.2) is 36.9 Å². The summed E-state index contributed by atoms with van der Waals surface area (Å²) in [5.41, 5.74) is 0.594. The number of piperidine rings is 1. The van der Waals surface area contributed by atoms with Crippen LogP contribution in [0.3, 0.4) is 0 Å². The first-order valence-electron chi connectivity index (χ1n) is 6.56. The number of hydrogen-bond acceptors (Lipinski definition) is 6. The summed E-state index contributed by atoms with van der Waals surface area (Å²) < 4.78 is 23.7. The van der Waals surface area contributed by atoms with Gasteiger partial charge in [0.25, 0.3) is 0 Å². The van der Waals surface area contributed by atoms with Gasteiger partial charge in [-0.25, -0.2) is 10.1 Å². The Bertz CT molecular complexity index is 724. The second-order valence-corrected chi connectivity index (χ2v) is 6.75. The van der Waals surface area contributed by atoms with Crippen molar-refractivity contribution >= 4 is 21.6 Å². The van der Waals surface area contributed by atoms with E-state index in [2.05, 4.69) is 4.90 Å². The van der Waals surface area contributed by atoms with Crippen molar-refractivity contribution < 1.29 is 18.2 Å². The topological polar surface area (TPSA) is 101 Å². The van der Waals surface area contributed by atoms with Gasteiger partial charge < -0.3 is 4.90 Å². The number of carbonyl (C=O) groups excluding carboxylic acids is 1. The van der Waals surface area contributed by atoms with Gasteiger partial charge >= 0.3 is 15.9 Å². The maximum Gasteiger partial charge on any atom is 0.334 e. The molecule has 0 atom stereocenters. The number of anilines is 1. The number of nitrogens with zero attached hydrogens (tertiary/aromatic N) is 3. The van der Waals surface area contributed by atoms with E-state index in [1.807, 2.05) is 0 Å². The van der Waals surface area contributed by atoms with Crippen molar-refractivity contribution in [2.45, 2.75) is 24.2 Å². The summed E-state index contributed by atoms with van der Waals surface area (Å²) in [5, 5.41) is 9.61. The molecule has 0 radical (unpaired) electrons. The predicted octanol–water partition coefficient (Wildman–Crippen LogP) is 1.01. The van der Waals surface area contributed by atoms with Crippen molar-refractivity contribution in [3.63, 3.8) is 0 Å². The van der Waals surface area contributed by atoms with Crippen molar-refractivity contribution in [1.82, 2.24) is 4.41 Å². The van der Waals surface area contributed by atoms with Crippen LogP contribution >= 0.6 is 0 Å². The summed E-state index contributed by atoms with van der Waals surface area (Å²) in [6.07, 6.45) is 3.21. The molecule has 0 bridgehead atoms. The summed E-state index contributed by atoms with van der Waals surface area (Å²) >= 11 is 0. The van der Waals surface area contributed by atoms with Crippen LogP contribution in [0, 0.1) is 10.1 Å². The van der Waals surface area contributed by atoms with Gasteiger partial charge in [-0.15, -0.1) is 0 Å². The van der Waals surface area contributed by atoms with Gasteiger partial charge in [0.05, 0.1) is 9.98 Å². The Kier molecular flexibility index (Phi) is 3.08. The maximum absolute atomic E-state index is 12.0. The number of benzene rings is 1. The molecule has 8 nitrogen and oxygen atoms in total. The molecule has 2 heterocycles. The molecule has 0 aliphatic carbocycles. The van der Waals surface area contributed by atoms with E-state index in [1.165, 1.54) is 12.1 Å². The molecule has 1 saturated heterocycles. The summed E-state index contributed by atoms with van der Waals surface area (Å²) in [5.74, 6) is -1.10. The number of hydrogen-bond donors (Lipinski definition) is 0. The van der Waals surface area contributed by atoms with Gasteiger partial charge in [-0.1, -0.05) is 0 Å². The number of hydrazine groups is 1. The highest BCUT2D eigenvalue weighted by Gasteiger charge is 2.50. The van der Waals surface area contributed by atoms with Crippen LogP contribution in [0.1, 0.15) is 29.6 Å².